The van der Waals surface area contributed by atoms with Crippen molar-refractivity contribution in [2.45, 2.75) is 6.92 Å². The molecular formula is C17H14ClNO. The summed E-state index contributed by atoms with van der Waals surface area (Å²) in [6.45, 7) is 2.46. The van der Waals surface area contributed by atoms with Crippen molar-refractivity contribution in [3.63, 3.8) is 0 Å². The number of rotatable bonds is 4. The molecule has 20 heavy (non-hydrogen) atoms. The van der Waals surface area contributed by atoms with Gasteiger partial charge in [-0.2, -0.15) is 5.26 Å². The average Bonchev–Trinajstić information content (AvgIpc) is 2.50. The van der Waals surface area contributed by atoms with Crippen LogP contribution in [-0.4, -0.2) is 6.61 Å². The van der Waals surface area contributed by atoms with E-state index in [9.17, 15) is 5.26 Å². The van der Waals surface area contributed by atoms with Gasteiger partial charge in [-0.3, -0.25) is 0 Å². The largest absolute Gasteiger partial charge is 0.493 e. The van der Waals surface area contributed by atoms with Gasteiger partial charge in [-0.15, -0.1) is 0 Å². The zero-order valence-corrected chi connectivity index (χ0v) is 11.9. The van der Waals surface area contributed by atoms with Crippen LogP contribution in [0.3, 0.4) is 0 Å². The lowest BCUT2D eigenvalue weighted by Gasteiger charge is -2.10. The van der Waals surface area contributed by atoms with E-state index in [0.717, 1.165) is 11.1 Å². The van der Waals surface area contributed by atoms with E-state index in [2.05, 4.69) is 6.07 Å². The molecule has 2 aromatic rings. The van der Waals surface area contributed by atoms with E-state index in [4.69, 9.17) is 16.3 Å². The molecule has 0 amide bonds. The Bertz CT molecular complexity index is 656. The van der Waals surface area contributed by atoms with Crippen LogP contribution in [0.4, 0.5) is 0 Å². The number of allylic oxidation sites excluding steroid dienone is 1. The lowest BCUT2D eigenvalue weighted by Crippen LogP contribution is -1.95. The van der Waals surface area contributed by atoms with Crippen LogP contribution in [0.1, 0.15) is 18.1 Å². The lowest BCUT2D eigenvalue weighted by molar-refractivity contribution is 0.339. The van der Waals surface area contributed by atoms with Crippen LogP contribution in [0.5, 0.6) is 5.75 Å². The van der Waals surface area contributed by atoms with Gasteiger partial charge in [0.2, 0.25) is 0 Å². The molecule has 0 saturated carbocycles. The van der Waals surface area contributed by atoms with Crippen LogP contribution < -0.4 is 4.74 Å². The van der Waals surface area contributed by atoms with Gasteiger partial charge in [0.05, 0.1) is 17.2 Å². The quantitative estimate of drug-likeness (QED) is 0.601. The lowest BCUT2D eigenvalue weighted by atomic mass is 10.0. The first-order valence-electron chi connectivity index (χ1n) is 6.35. The molecule has 0 fully saturated rings. The third-order valence-electron chi connectivity index (χ3n) is 2.82. The van der Waals surface area contributed by atoms with Crippen LogP contribution in [0.2, 0.25) is 0 Å². The SMILES string of the molecule is CCOc1ccccc1C(Cl)=C(C#N)c1ccccc1. The van der Waals surface area contributed by atoms with Gasteiger partial charge in [-0.05, 0) is 24.6 Å². The minimum Gasteiger partial charge on any atom is -0.493 e. The monoisotopic (exact) mass is 283 g/mol. The molecule has 2 nitrogen and oxygen atoms in total. The van der Waals surface area contributed by atoms with E-state index in [1.807, 2.05) is 61.5 Å². The van der Waals surface area contributed by atoms with Crippen molar-refractivity contribution in [3.05, 3.63) is 65.7 Å². The summed E-state index contributed by atoms with van der Waals surface area (Å²) >= 11 is 6.42. The molecule has 0 aliphatic rings. The summed E-state index contributed by atoms with van der Waals surface area (Å²) in [4.78, 5) is 0. The number of hydrogen-bond acceptors (Lipinski definition) is 2. The van der Waals surface area contributed by atoms with Gasteiger partial charge in [0.25, 0.3) is 0 Å². The first kappa shape index (κ1) is 14.2. The Labute approximate surface area is 123 Å². The molecule has 3 heteroatoms. The zero-order valence-electron chi connectivity index (χ0n) is 11.1. The number of halogens is 1. The fourth-order valence-electron chi connectivity index (χ4n) is 1.91. The Hall–Kier alpha value is -2.24. The first-order valence-corrected chi connectivity index (χ1v) is 6.73. The maximum absolute atomic E-state index is 9.40. The van der Waals surface area contributed by atoms with Crippen molar-refractivity contribution in [2.75, 3.05) is 6.61 Å². The smallest absolute Gasteiger partial charge is 0.128 e. The summed E-state index contributed by atoms with van der Waals surface area (Å²) in [7, 11) is 0. The molecule has 0 N–H and O–H groups in total. The Morgan fingerprint density at radius 1 is 1.10 bits per heavy atom. The fourth-order valence-corrected chi connectivity index (χ4v) is 2.22. The molecule has 0 heterocycles. The second-order valence-electron chi connectivity index (χ2n) is 4.10. The van der Waals surface area contributed by atoms with E-state index in [-0.39, 0.29) is 0 Å². The number of hydrogen-bond donors (Lipinski definition) is 0. The molecule has 2 aromatic carbocycles. The summed E-state index contributed by atoms with van der Waals surface area (Å²) in [5.74, 6) is 0.684. The highest BCUT2D eigenvalue weighted by atomic mass is 35.5. The van der Waals surface area contributed by atoms with Gasteiger partial charge in [0.1, 0.15) is 11.8 Å². The fraction of sp³-hybridized carbons (Fsp3) is 0.118. The van der Waals surface area contributed by atoms with E-state index >= 15 is 0 Å². The molecule has 0 aromatic heterocycles. The number of ether oxygens (including phenoxy) is 1. The molecule has 100 valence electrons. The highest BCUT2D eigenvalue weighted by molar-refractivity contribution is 6.53. The second kappa shape index (κ2) is 6.79. The highest BCUT2D eigenvalue weighted by Crippen LogP contribution is 2.34. The maximum Gasteiger partial charge on any atom is 0.128 e. The van der Waals surface area contributed by atoms with Crippen LogP contribution in [0, 0.1) is 11.3 Å². The minimum absolute atomic E-state index is 0.405. The molecule has 0 aliphatic heterocycles. The van der Waals surface area contributed by atoms with E-state index in [1.54, 1.807) is 0 Å². The second-order valence-corrected chi connectivity index (χ2v) is 4.47. The predicted octanol–water partition coefficient (Wildman–Crippen LogP) is 4.72. The number of nitrogens with zero attached hydrogens (tertiary/aromatic N) is 1. The molecular weight excluding hydrogens is 270 g/mol. The predicted molar refractivity (Wildman–Crippen MR) is 82.3 cm³/mol. The van der Waals surface area contributed by atoms with E-state index in [1.165, 1.54) is 0 Å². The van der Waals surface area contributed by atoms with Crippen molar-refractivity contribution >= 4 is 22.2 Å². The van der Waals surface area contributed by atoms with Crippen LogP contribution in [0.25, 0.3) is 10.6 Å². The van der Waals surface area contributed by atoms with Crippen molar-refractivity contribution in [1.82, 2.24) is 0 Å². The first-order chi connectivity index (χ1) is 9.77. The summed E-state index contributed by atoms with van der Waals surface area (Å²) in [5.41, 5.74) is 1.97. The molecule has 0 saturated heterocycles. The normalized spacial score (nSPS) is 11.4. The molecule has 0 bridgehead atoms. The molecule has 2 rings (SSSR count). The van der Waals surface area contributed by atoms with Crippen molar-refractivity contribution in [1.29, 1.82) is 5.26 Å². The van der Waals surface area contributed by atoms with E-state index < -0.39 is 0 Å². The number of para-hydroxylation sites is 1. The summed E-state index contributed by atoms with van der Waals surface area (Å²) < 4.78 is 5.56. The molecule has 0 unspecified atom stereocenters. The van der Waals surface area contributed by atoms with Crippen LogP contribution >= 0.6 is 11.6 Å². The van der Waals surface area contributed by atoms with Gasteiger partial charge in [0.15, 0.2) is 0 Å². The molecule has 0 aliphatic carbocycles. The minimum atomic E-state index is 0.405. The van der Waals surface area contributed by atoms with Gasteiger partial charge < -0.3 is 4.74 Å². The average molecular weight is 284 g/mol. The van der Waals surface area contributed by atoms with Gasteiger partial charge in [-0.1, -0.05) is 54.1 Å². The maximum atomic E-state index is 9.40. The van der Waals surface area contributed by atoms with E-state index in [0.29, 0.717) is 23.0 Å². The number of nitriles is 1. The summed E-state index contributed by atoms with van der Waals surface area (Å²) in [5, 5.41) is 9.80. The third-order valence-corrected chi connectivity index (χ3v) is 3.21. The zero-order chi connectivity index (χ0) is 14.4. The van der Waals surface area contributed by atoms with Crippen molar-refractivity contribution < 1.29 is 4.74 Å². The van der Waals surface area contributed by atoms with Gasteiger partial charge in [-0.25, -0.2) is 0 Å². The van der Waals surface area contributed by atoms with Crippen molar-refractivity contribution in [2.24, 2.45) is 0 Å². The van der Waals surface area contributed by atoms with Gasteiger partial charge in [0, 0.05) is 5.56 Å². The molecule has 0 radical (unpaired) electrons. The number of benzene rings is 2. The molecule has 0 atom stereocenters. The van der Waals surface area contributed by atoms with Gasteiger partial charge >= 0.3 is 0 Å². The van der Waals surface area contributed by atoms with Crippen LogP contribution in [0.15, 0.2) is 54.6 Å². The Morgan fingerprint density at radius 3 is 2.40 bits per heavy atom. The summed E-state index contributed by atoms with van der Waals surface area (Å²) in [6, 6.07) is 19.0. The third kappa shape index (κ3) is 3.01. The topological polar surface area (TPSA) is 33.0 Å². The molecule has 0 spiro atoms. The highest BCUT2D eigenvalue weighted by Gasteiger charge is 2.13. The Balaban J connectivity index is 2.55. The Morgan fingerprint density at radius 2 is 1.75 bits per heavy atom. The van der Waals surface area contributed by atoms with Crippen molar-refractivity contribution in [3.8, 4) is 11.8 Å². The standard InChI is InChI=1S/C17H14ClNO/c1-2-20-16-11-7-6-10-14(16)17(18)15(12-19)13-8-4-3-5-9-13/h3-11H,2H2,1H3. The van der Waals surface area contributed by atoms with Crippen LogP contribution in [-0.2, 0) is 0 Å². The summed E-state index contributed by atoms with van der Waals surface area (Å²) in [6.07, 6.45) is 0. The Kier molecular flexibility index (Phi) is 4.81.